The van der Waals surface area contributed by atoms with Gasteiger partial charge in [-0.25, -0.2) is 14.2 Å². The number of amides is 1. The van der Waals surface area contributed by atoms with Gasteiger partial charge in [-0.1, -0.05) is 34.4 Å². The molecule has 4 heterocycles. The molecule has 0 N–H and O–H groups in total. The van der Waals surface area contributed by atoms with Crippen LogP contribution in [0.3, 0.4) is 0 Å². The molecule has 1 unspecified atom stereocenters. The van der Waals surface area contributed by atoms with Crippen LogP contribution < -0.4 is 0 Å². The molecule has 7 nitrogen and oxygen atoms in total. The largest absolute Gasteiger partial charge is 0.444 e. The van der Waals surface area contributed by atoms with E-state index in [1.165, 1.54) is 11.0 Å². The molecule has 1 spiro atoms. The molecule has 1 atom stereocenters. The van der Waals surface area contributed by atoms with Gasteiger partial charge < -0.3 is 19.2 Å². The minimum Gasteiger partial charge on any atom is -0.444 e. The van der Waals surface area contributed by atoms with Gasteiger partial charge in [-0.15, -0.1) is 0 Å². The third-order valence-electron chi connectivity index (χ3n) is 6.43. The number of carbonyl (C=O) groups excluding carboxylic acids is 1. The highest BCUT2D eigenvalue weighted by Gasteiger charge is 2.63. The molecule has 0 saturated carbocycles. The van der Waals surface area contributed by atoms with Gasteiger partial charge in [-0.2, -0.15) is 13.2 Å². The number of carbonyl (C=O) groups is 1. The highest BCUT2D eigenvalue weighted by molar-refractivity contribution is 6.35. The third kappa shape index (κ3) is 4.30. The van der Waals surface area contributed by atoms with Gasteiger partial charge in [-0.3, -0.25) is 0 Å². The van der Waals surface area contributed by atoms with Crippen LogP contribution in [0.2, 0.25) is 10.0 Å². The van der Waals surface area contributed by atoms with Crippen LogP contribution >= 0.6 is 23.2 Å². The second-order valence-electron chi connectivity index (χ2n) is 10.2. The lowest BCUT2D eigenvalue weighted by Gasteiger charge is -2.47. The fourth-order valence-corrected chi connectivity index (χ4v) is 5.08. The van der Waals surface area contributed by atoms with E-state index < -0.39 is 56.9 Å². The Hall–Kier alpha value is -2.63. The molecular formula is C24H21Cl2F4N3O4. The number of likely N-dealkylation sites (tertiary alicyclic amines) is 1. The van der Waals surface area contributed by atoms with E-state index in [1.807, 2.05) is 0 Å². The van der Waals surface area contributed by atoms with E-state index >= 15 is 0 Å². The maximum Gasteiger partial charge on any atom is 0.435 e. The standard InChI is InChI=1S/C24H21Cl2F4N3O4/c1-21(2,3)36-20(34)33-10-22(11-33)13-4-5-16(31-18(13)9-35-22)17-8-23(37-32-17,24(28,29)30)12-6-14(25)19(27)15(26)7-12/h4-7H,8-11H2,1-3H3. The summed E-state index contributed by atoms with van der Waals surface area (Å²) in [6.07, 6.45) is -6.11. The second-order valence-corrected chi connectivity index (χ2v) is 11.0. The minimum absolute atomic E-state index is 0.0540. The highest BCUT2D eigenvalue weighted by atomic mass is 35.5. The van der Waals surface area contributed by atoms with Crippen molar-refractivity contribution in [3.05, 3.63) is 62.6 Å². The normalized spacial score (nSPS) is 22.4. The van der Waals surface area contributed by atoms with Crippen LogP contribution in [0.4, 0.5) is 22.4 Å². The Morgan fingerprint density at radius 3 is 2.38 bits per heavy atom. The van der Waals surface area contributed by atoms with E-state index in [4.69, 9.17) is 37.5 Å². The van der Waals surface area contributed by atoms with Gasteiger partial charge in [-0.05, 0) is 39.0 Å². The SMILES string of the molecule is CC(C)(C)OC(=O)N1CC2(C1)OCc1nc(C3=NOC(c4cc(Cl)c(F)c(Cl)c4)(C(F)(F)F)C3)ccc12. The van der Waals surface area contributed by atoms with Crippen molar-refractivity contribution in [2.45, 2.75) is 56.8 Å². The van der Waals surface area contributed by atoms with Gasteiger partial charge in [0.2, 0.25) is 0 Å². The maximum absolute atomic E-state index is 14.3. The van der Waals surface area contributed by atoms with E-state index in [-0.39, 0.29) is 31.1 Å². The molecule has 1 fully saturated rings. The van der Waals surface area contributed by atoms with E-state index in [2.05, 4.69) is 10.1 Å². The molecule has 1 saturated heterocycles. The molecule has 0 aliphatic carbocycles. The molecule has 2 aromatic rings. The molecule has 5 rings (SSSR count). The number of hydrogen-bond acceptors (Lipinski definition) is 6. The number of hydrogen-bond donors (Lipinski definition) is 0. The van der Waals surface area contributed by atoms with Crippen molar-refractivity contribution in [1.82, 2.24) is 9.88 Å². The Balaban J connectivity index is 1.37. The van der Waals surface area contributed by atoms with Crippen LogP contribution in [0, 0.1) is 5.82 Å². The number of halogens is 6. The average Bonchev–Trinajstić information content (AvgIpc) is 3.37. The van der Waals surface area contributed by atoms with Crippen LogP contribution in [0.25, 0.3) is 0 Å². The summed E-state index contributed by atoms with van der Waals surface area (Å²) < 4.78 is 68.0. The zero-order valence-electron chi connectivity index (χ0n) is 19.9. The lowest BCUT2D eigenvalue weighted by atomic mass is 9.85. The molecule has 1 aromatic carbocycles. The minimum atomic E-state index is -4.93. The highest BCUT2D eigenvalue weighted by Crippen LogP contribution is 2.50. The van der Waals surface area contributed by atoms with Crippen LogP contribution in [0.5, 0.6) is 0 Å². The summed E-state index contributed by atoms with van der Waals surface area (Å²) in [5.74, 6) is -1.03. The number of nitrogens with zero attached hydrogens (tertiary/aromatic N) is 3. The van der Waals surface area contributed by atoms with Crippen LogP contribution in [0.15, 0.2) is 29.4 Å². The zero-order chi connectivity index (χ0) is 27.0. The lowest BCUT2D eigenvalue weighted by molar-refractivity contribution is -0.275. The van der Waals surface area contributed by atoms with Crippen LogP contribution in [-0.2, 0) is 32.1 Å². The summed E-state index contributed by atoms with van der Waals surface area (Å²) in [4.78, 5) is 23.3. The van der Waals surface area contributed by atoms with E-state index in [9.17, 15) is 22.4 Å². The van der Waals surface area contributed by atoms with Crippen LogP contribution in [0.1, 0.15) is 49.7 Å². The fraction of sp³-hybridized carbons (Fsp3) is 0.458. The number of pyridine rings is 1. The van der Waals surface area contributed by atoms with Gasteiger partial charge in [0.1, 0.15) is 16.9 Å². The third-order valence-corrected chi connectivity index (χ3v) is 6.98. The summed E-state index contributed by atoms with van der Waals surface area (Å²) in [7, 11) is 0. The Morgan fingerprint density at radius 1 is 1.14 bits per heavy atom. The number of ether oxygens (including phenoxy) is 2. The first-order valence-electron chi connectivity index (χ1n) is 11.2. The van der Waals surface area contributed by atoms with Crippen LogP contribution in [-0.4, -0.2) is 46.6 Å². The molecule has 1 amide bonds. The first kappa shape index (κ1) is 26.0. The molecule has 3 aliphatic heterocycles. The Morgan fingerprint density at radius 2 is 1.78 bits per heavy atom. The summed E-state index contributed by atoms with van der Waals surface area (Å²) in [5.41, 5.74) is -3.38. The molecule has 0 radical (unpaired) electrons. The molecule has 3 aliphatic rings. The molecule has 198 valence electrons. The van der Waals surface area contributed by atoms with Crippen molar-refractivity contribution in [2.24, 2.45) is 5.16 Å². The number of aromatic nitrogens is 1. The number of alkyl halides is 3. The quantitative estimate of drug-likeness (QED) is 0.328. The van der Waals surface area contributed by atoms with Crippen molar-refractivity contribution in [3.8, 4) is 0 Å². The monoisotopic (exact) mass is 561 g/mol. The maximum atomic E-state index is 14.3. The van der Waals surface area contributed by atoms with Crippen molar-refractivity contribution in [1.29, 1.82) is 0 Å². The second kappa shape index (κ2) is 8.44. The van der Waals surface area contributed by atoms with Crippen molar-refractivity contribution < 1.29 is 36.7 Å². The Kier molecular flexibility index (Phi) is 5.93. The molecule has 13 heteroatoms. The first-order chi connectivity index (χ1) is 17.1. The van der Waals surface area contributed by atoms with Gasteiger partial charge in [0.25, 0.3) is 5.60 Å². The van der Waals surface area contributed by atoms with Gasteiger partial charge in [0.15, 0.2) is 5.82 Å². The van der Waals surface area contributed by atoms with Gasteiger partial charge in [0.05, 0.1) is 47.6 Å². The summed E-state index contributed by atoms with van der Waals surface area (Å²) in [5, 5.41) is 2.56. The first-order valence-corrected chi connectivity index (χ1v) is 12.0. The van der Waals surface area contributed by atoms with E-state index in [1.54, 1.807) is 26.8 Å². The van der Waals surface area contributed by atoms with E-state index in [0.29, 0.717) is 5.69 Å². The average molecular weight is 562 g/mol. The smallest absolute Gasteiger partial charge is 0.435 e. The van der Waals surface area contributed by atoms with E-state index in [0.717, 1.165) is 17.7 Å². The zero-order valence-corrected chi connectivity index (χ0v) is 21.4. The molecular weight excluding hydrogens is 541 g/mol. The molecule has 37 heavy (non-hydrogen) atoms. The number of fused-ring (bicyclic) bond motifs is 2. The summed E-state index contributed by atoms with van der Waals surface area (Å²) in [6, 6.07) is 4.90. The van der Waals surface area contributed by atoms with Crippen molar-refractivity contribution in [3.63, 3.8) is 0 Å². The van der Waals surface area contributed by atoms with Crippen molar-refractivity contribution in [2.75, 3.05) is 13.1 Å². The predicted octanol–water partition coefficient (Wildman–Crippen LogP) is 6.09. The van der Waals surface area contributed by atoms with Gasteiger partial charge >= 0.3 is 12.3 Å². The fourth-order valence-electron chi connectivity index (χ4n) is 4.59. The Bertz CT molecular complexity index is 1300. The lowest BCUT2D eigenvalue weighted by Crippen LogP contribution is -2.61. The van der Waals surface area contributed by atoms with Crippen molar-refractivity contribution >= 4 is 35.0 Å². The summed E-state index contributed by atoms with van der Waals surface area (Å²) in [6.45, 7) is 5.97. The number of rotatable bonds is 2. The number of oxime groups is 1. The topological polar surface area (TPSA) is 73.2 Å². The predicted molar refractivity (Wildman–Crippen MR) is 125 cm³/mol. The molecule has 0 bridgehead atoms. The molecule has 1 aromatic heterocycles. The Labute approximate surface area is 219 Å². The number of benzene rings is 1. The summed E-state index contributed by atoms with van der Waals surface area (Å²) >= 11 is 11.5. The van der Waals surface area contributed by atoms with Gasteiger partial charge in [0, 0.05) is 11.1 Å².